The van der Waals surface area contributed by atoms with Gasteiger partial charge in [-0.25, -0.2) is 0 Å². The second-order valence-corrected chi connectivity index (χ2v) is 6.05. The molecular weight excluding hydrogens is 310 g/mol. The van der Waals surface area contributed by atoms with Crippen LogP contribution in [0.4, 0.5) is 0 Å². The Bertz CT molecular complexity index is 646. The molecule has 1 amide bonds. The first kappa shape index (κ1) is 17.2. The molecule has 0 aromatic heterocycles. The highest BCUT2D eigenvalue weighted by molar-refractivity contribution is 8.00. The van der Waals surface area contributed by atoms with E-state index in [1.54, 1.807) is 14.2 Å². The van der Waals surface area contributed by atoms with Crippen molar-refractivity contribution in [3.8, 4) is 11.5 Å². The number of ether oxygens (including phenoxy) is 2. The summed E-state index contributed by atoms with van der Waals surface area (Å²) in [5.74, 6) is 1.72. The molecule has 1 N–H and O–H groups in total. The average molecular weight is 331 g/mol. The van der Waals surface area contributed by atoms with Crippen molar-refractivity contribution in [2.24, 2.45) is 0 Å². The summed E-state index contributed by atoms with van der Waals surface area (Å²) in [6, 6.07) is 15.4. The van der Waals surface area contributed by atoms with Gasteiger partial charge in [-0.1, -0.05) is 24.3 Å². The van der Waals surface area contributed by atoms with Crippen LogP contribution < -0.4 is 14.8 Å². The van der Waals surface area contributed by atoms with E-state index in [0.717, 1.165) is 10.5 Å². The summed E-state index contributed by atoms with van der Waals surface area (Å²) in [5, 5.41) is 3.00. The van der Waals surface area contributed by atoms with Gasteiger partial charge in [0.2, 0.25) is 5.91 Å². The number of carbonyl (C=O) groups is 1. The first-order valence-corrected chi connectivity index (χ1v) is 8.31. The summed E-state index contributed by atoms with van der Waals surface area (Å²) in [4.78, 5) is 13.2. The number of hydrogen-bond donors (Lipinski definition) is 1. The van der Waals surface area contributed by atoms with Gasteiger partial charge in [0.05, 0.1) is 26.0 Å². The molecule has 23 heavy (non-hydrogen) atoms. The molecule has 122 valence electrons. The maximum Gasteiger partial charge on any atom is 0.230 e. The third-order valence-corrected chi connectivity index (χ3v) is 4.41. The largest absolute Gasteiger partial charge is 0.493 e. The highest BCUT2D eigenvalue weighted by atomic mass is 32.2. The van der Waals surface area contributed by atoms with Crippen LogP contribution in [-0.4, -0.2) is 25.9 Å². The van der Waals surface area contributed by atoms with Crippen LogP contribution in [-0.2, 0) is 4.79 Å². The zero-order chi connectivity index (χ0) is 16.7. The topological polar surface area (TPSA) is 47.6 Å². The summed E-state index contributed by atoms with van der Waals surface area (Å²) in [5.41, 5.74) is 0.973. The number of rotatable bonds is 7. The van der Waals surface area contributed by atoms with E-state index < -0.39 is 0 Å². The van der Waals surface area contributed by atoms with Gasteiger partial charge in [0, 0.05) is 4.90 Å². The maximum absolute atomic E-state index is 12.1. The van der Waals surface area contributed by atoms with E-state index in [9.17, 15) is 4.79 Å². The first-order valence-electron chi connectivity index (χ1n) is 7.33. The van der Waals surface area contributed by atoms with Gasteiger partial charge in [-0.2, -0.15) is 0 Å². The number of benzene rings is 2. The molecule has 0 aliphatic rings. The minimum absolute atomic E-state index is 0.00105. The van der Waals surface area contributed by atoms with E-state index in [2.05, 4.69) is 5.32 Å². The van der Waals surface area contributed by atoms with Crippen LogP contribution in [0.25, 0.3) is 0 Å². The lowest BCUT2D eigenvalue weighted by molar-refractivity contribution is -0.119. The Morgan fingerprint density at radius 2 is 1.78 bits per heavy atom. The van der Waals surface area contributed by atoms with Gasteiger partial charge in [0.25, 0.3) is 0 Å². The Morgan fingerprint density at radius 3 is 2.43 bits per heavy atom. The molecule has 0 aliphatic heterocycles. The highest BCUT2D eigenvalue weighted by Gasteiger charge is 2.13. The van der Waals surface area contributed by atoms with Crippen molar-refractivity contribution < 1.29 is 14.3 Å². The van der Waals surface area contributed by atoms with Crippen LogP contribution in [0.2, 0.25) is 0 Å². The van der Waals surface area contributed by atoms with Crippen LogP contribution in [0.3, 0.4) is 0 Å². The maximum atomic E-state index is 12.1. The molecule has 5 heteroatoms. The molecular formula is C18H21NO3S. The van der Waals surface area contributed by atoms with E-state index in [1.807, 2.05) is 55.5 Å². The highest BCUT2D eigenvalue weighted by Crippen LogP contribution is 2.29. The van der Waals surface area contributed by atoms with Crippen molar-refractivity contribution in [3.05, 3.63) is 54.1 Å². The van der Waals surface area contributed by atoms with Crippen LogP contribution in [0.15, 0.2) is 53.4 Å². The zero-order valence-electron chi connectivity index (χ0n) is 13.5. The number of methoxy groups -OCH3 is 2. The summed E-state index contributed by atoms with van der Waals surface area (Å²) in [6.45, 7) is 1.95. The molecule has 0 heterocycles. The molecule has 0 fully saturated rings. The number of carbonyl (C=O) groups excluding carboxylic acids is 1. The third kappa shape index (κ3) is 4.93. The molecule has 0 saturated heterocycles. The number of thioether (sulfide) groups is 1. The van der Waals surface area contributed by atoms with Gasteiger partial charge in [-0.3, -0.25) is 4.79 Å². The van der Waals surface area contributed by atoms with Gasteiger partial charge < -0.3 is 14.8 Å². The van der Waals surface area contributed by atoms with E-state index in [0.29, 0.717) is 17.3 Å². The van der Waals surface area contributed by atoms with Crippen molar-refractivity contribution in [1.82, 2.24) is 5.32 Å². The monoisotopic (exact) mass is 331 g/mol. The lowest BCUT2D eigenvalue weighted by Crippen LogP contribution is -2.28. The van der Waals surface area contributed by atoms with E-state index in [1.165, 1.54) is 11.8 Å². The van der Waals surface area contributed by atoms with Crippen molar-refractivity contribution in [2.75, 3.05) is 20.0 Å². The third-order valence-electron chi connectivity index (χ3n) is 3.40. The summed E-state index contributed by atoms with van der Waals surface area (Å²) in [7, 11) is 3.20. The van der Waals surface area contributed by atoms with Gasteiger partial charge in [-0.05, 0) is 36.8 Å². The molecule has 0 radical (unpaired) electrons. The van der Waals surface area contributed by atoms with Crippen molar-refractivity contribution >= 4 is 17.7 Å². The van der Waals surface area contributed by atoms with Gasteiger partial charge in [0.1, 0.15) is 0 Å². The molecule has 0 saturated carbocycles. The van der Waals surface area contributed by atoms with Crippen molar-refractivity contribution in [1.29, 1.82) is 0 Å². The molecule has 0 bridgehead atoms. The van der Waals surface area contributed by atoms with Crippen LogP contribution in [0.5, 0.6) is 11.5 Å². The number of hydrogen-bond acceptors (Lipinski definition) is 4. The Kier molecular flexibility index (Phi) is 6.35. The van der Waals surface area contributed by atoms with Crippen molar-refractivity contribution in [2.45, 2.75) is 17.9 Å². The molecule has 0 aliphatic carbocycles. The second kappa shape index (κ2) is 8.48. The molecule has 0 spiro atoms. The Morgan fingerprint density at radius 1 is 1.09 bits per heavy atom. The standard InChI is InChI=1S/C18H21NO3S/c1-13(14-9-10-16(21-2)17(11-14)22-3)19-18(20)12-23-15-7-5-4-6-8-15/h4-11,13H,12H2,1-3H3,(H,19,20). The van der Waals surface area contributed by atoms with Gasteiger partial charge >= 0.3 is 0 Å². The van der Waals surface area contributed by atoms with Crippen LogP contribution in [0, 0.1) is 0 Å². The second-order valence-electron chi connectivity index (χ2n) is 5.01. The smallest absolute Gasteiger partial charge is 0.230 e. The Labute approximate surface area is 141 Å². The molecule has 4 nitrogen and oxygen atoms in total. The fourth-order valence-electron chi connectivity index (χ4n) is 2.15. The quantitative estimate of drug-likeness (QED) is 0.786. The molecule has 2 aromatic carbocycles. The lowest BCUT2D eigenvalue weighted by Gasteiger charge is -2.16. The Hall–Kier alpha value is -2.14. The molecule has 2 rings (SSSR count). The van der Waals surface area contributed by atoms with Gasteiger partial charge in [0.15, 0.2) is 11.5 Å². The summed E-state index contributed by atoms with van der Waals surface area (Å²) >= 11 is 1.52. The summed E-state index contributed by atoms with van der Waals surface area (Å²) in [6.07, 6.45) is 0. The SMILES string of the molecule is COc1ccc(C(C)NC(=O)CSc2ccccc2)cc1OC. The number of nitrogens with one attached hydrogen (secondary N) is 1. The fraction of sp³-hybridized carbons (Fsp3) is 0.278. The van der Waals surface area contributed by atoms with E-state index in [4.69, 9.17) is 9.47 Å². The van der Waals surface area contributed by atoms with E-state index >= 15 is 0 Å². The van der Waals surface area contributed by atoms with Gasteiger partial charge in [-0.15, -0.1) is 11.8 Å². The summed E-state index contributed by atoms with van der Waals surface area (Å²) < 4.78 is 10.5. The van der Waals surface area contributed by atoms with E-state index in [-0.39, 0.29) is 11.9 Å². The fourth-order valence-corrected chi connectivity index (χ4v) is 2.88. The predicted molar refractivity (Wildman–Crippen MR) is 93.3 cm³/mol. The Balaban J connectivity index is 1.93. The molecule has 1 unspecified atom stereocenters. The average Bonchev–Trinajstić information content (AvgIpc) is 2.60. The van der Waals surface area contributed by atoms with Crippen molar-refractivity contribution in [3.63, 3.8) is 0 Å². The molecule has 2 aromatic rings. The first-order chi connectivity index (χ1) is 11.1. The van der Waals surface area contributed by atoms with Crippen LogP contribution >= 0.6 is 11.8 Å². The zero-order valence-corrected chi connectivity index (χ0v) is 14.4. The predicted octanol–water partition coefficient (Wildman–Crippen LogP) is 3.67. The minimum atomic E-state index is -0.0984. The minimum Gasteiger partial charge on any atom is -0.493 e. The normalized spacial score (nSPS) is 11.6. The number of amides is 1. The lowest BCUT2D eigenvalue weighted by atomic mass is 10.1. The molecule has 1 atom stereocenters. The van der Waals surface area contributed by atoms with Crippen LogP contribution in [0.1, 0.15) is 18.5 Å².